The minimum absolute atomic E-state index is 0. The minimum atomic E-state index is -0.544. The monoisotopic (exact) mass is 327 g/mol. The SMILES string of the molecule is CCNC(=O)c1ccc(C)c(NC(=O)[C@@H](N)CC(C)C)c1.Cl. The molecule has 1 aromatic carbocycles. The molecule has 0 saturated carbocycles. The van der Waals surface area contributed by atoms with E-state index < -0.39 is 6.04 Å². The van der Waals surface area contributed by atoms with Crippen molar-refractivity contribution in [3.05, 3.63) is 29.3 Å². The van der Waals surface area contributed by atoms with Crippen LogP contribution in [0.4, 0.5) is 5.69 Å². The summed E-state index contributed by atoms with van der Waals surface area (Å²) in [6.07, 6.45) is 0.626. The molecule has 0 bridgehead atoms. The third kappa shape index (κ3) is 6.03. The molecule has 1 rings (SSSR count). The first-order valence-corrected chi connectivity index (χ1v) is 7.30. The molecule has 0 saturated heterocycles. The summed E-state index contributed by atoms with van der Waals surface area (Å²) in [5.74, 6) is -0.0205. The maximum atomic E-state index is 12.1. The third-order valence-corrected chi connectivity index (χ3v) is 3.16. The van der Waals surface area contributed by atoms with Gasteiger partial charge in [0.25, 0.3) is 5.91 Å². The molecule has 0 aliphatic heterocycles. The van der Waals surface area contributed by atoms with E-state index in [4.69, 9.17) is 5.73 Å². The Kier molecular flexibility index (Phi) is 8.75. The molecule has 0 spiro atoms. The molecule has 0 aliphatic carbocycles. The molecule has 0 fully saturated rings. The maximum Gasteiger partial charge on any atom is 0.251 e. The fourth-order valence-electron chi connectivity index (χ4n) is 2.00. The fourth-order valence-corrected chi connectivity index (χ4v) is 2.00. The molecule has 2 amide bonds. The molecule has 0 unspecified atom stereocenters. The number of amides is 2. The first-order chi connectivity index (χ1) is 9.85. The van der Waals surface area contributed by atoms with E-state index >= 15 is 0 Å². The van der Waals surface area contributed by atoms with Crippen LogP contribution in [0.3, 0.4) is 0 Å². The Morgan fingerprint density at radius 3 is 2.45 bits per heavy atom. The average molecular weight is 328 g/mol. The van der Waals surface area contributed by atoms with Gasteiger partial charge in [-0.3, -0.25) is 9.59 Å². The predicted octanol–water partition coefficient (Wildman–Crippen LogP) is 2.48. The van der Waals surface area contributed by atoms with E-state index in [2.05, 4.69) is 10.6 Å². The quantitative estimate of drug-likeness (QED) is 0.750. The van der Waals surface area contributed by atoms with E-state index in [0.29, 0.717) is 30.1 Å². The van der Waals surface area contributed by atoms with Crippen molar-refractivity contribution in [1.82, 2.24) is 5.32 Å². The lowest BCUT2D eigenvalue weighted by molar-refractivity contribution is -0.117. The normalized spacial score (nSPS) is 11.5. The second-order valence-electron chi connectivity index (χ2n) is 5.61. The Hall–Kier alpha value is -1.59. The first-order valence-electron chi connectivity index (χ1n) is 7.30. The van der Waals surface area contributed by atoms with Gasteiger partial charge in [0.05, 0.1) is 6.04 Å². The van der Waals surface area contributed by atoms with E-state index in [0.717, 1.165) is 5.56 Å². The van der Waals surface area contributed by atoms with Gasteiger partial charge in [0.15, 0.2) is 0 Å². The highest BCUT2D eigenvalue weighted by Crippen LogP contribution is 2.17. The number of carbonyl (C=O) groups is 2. The maximum absolute atomic E-state index is 12.1. The molecule has 0 radical (unpaired) electrons. The third-order valence-electron chi connectivity index (χ3n) is 3.16. The molecule has 1 atom stereocenters. The van der Waals surface area contributed by atoms with Crippen LogP contribution in [0.1, 0.15) is 43.1 Å². The zero-order valence-corrected chi connectivity index (χ0v) is 14.4. The van der Waals surface area contributed by atoms with Gasteiger partial charge in [0.1, 0.15) is 0 Å². The summed E-state index contributed by atoms with van der Waals surface area (Å²) in [7, 11) is 0. The van der Waals surface area contributed by atoms with Gasteiger partial charge >= 0.3 is 0 Å². The highest BCUT2D eigenvalue weighted by Gasteiger charge is 2.16. The van der Waals surface area contributed by atoms with Gasteiger partial charge < -0.3 is 16.4 Å². The van der Waals surface area contributed by atoms with Crippen molar-refractivity contribution in [3.8, 4) is 0 Å². The number of carbonyl (C=O) groups excluding carboxylic acids is 2. The fraction of sp³-hybridized carbons (Fsp3) is 0.500. The van der Waals surface area contributed by atoms with Crippen LogP contribution in [-0.4, -0.2) is 24.4 Å². The molecule has 0 aliphatic rings. The zero-order valence-electron chi connectivity index (χ0n) is 13.6. The van der Waals surface area contributed by atoms with Gasteiger partial charge in [-0.05, 0) is 43.9 Å². The number of nitrogens with one attached hydrogen (secondary N) is 2. The number of rotatable bonds is 6. The van der Waals surface area contributed by atoms with Crippen LogP contribution in [0, 0.1) is 12.8 Å². The van der Waals surface area contributed by atoms with E-state index in [1.165, 1.54) is 0 Å². The zero-order chi connectivity index (χ0) is 16.0. The van der Waals surface area contributed by atoms with Crippen molar-refractivity contribution in [2.45, 2.75) is 40.2 Å². The number of hydrogen-bond donors (Lipinski definition) is 3. The highest BCUT2D eigenvalue weighted by atomic mass is 35.5. The van der Waals surface area contributed by atoms with Crippen LogP contribution < -0.4 is 16.4 Å². The van der Waals surface area contributed by atoms with Crippen LogP contribution in [0.5, 0.6) is 0 Å². The Morgan fingerprint density at radius 1 is 1.27 bits per heavy atom. The van der Waals surface area contributed by atoms with Crippen LogP contribution in [-0.2, 0) is 4.79 Å². The molecule has 0 heterocycles. The highest BCUT2D eigenvalue weighted by molar-refractivity contribution is 5.99. The summed E-state index contributed by atoms with van der Waals surface area (Å²) in [4.78, 5) is 23.9. The summed E-state index contributed by atoms with van der Waals surface area (Å²) in [5, 5.41) is 5.54. The smallest absolute Gasteiger partial charge is 0.251 e. The molecule has 4 N–H and O–H groups in total. The van der Waals surface area contributed by atoms with Gasteiger partial charge in [0.2, 0.25) is 5.91 Å². The van der Waals surface area contributed by atoms with Gasteiger partial charge in [-0.1, -0.05) is 19.9 Å². The predicted molar refractivity (Wildman–Crippen MR) is 92.5 cm³/mol. The lowest BCUT2D eigenvalue weighted by atomic mass is 10.0. The lowest BCUT2D eigenvalue weighted by Crippen LogP contribution is -2.36. The van der Waals surface area contributed by atoms with Crippen LogP contribution >= 0.6 is 12.4 Å². The lowest BCUT2D eigenvalue weighted by Gasteiger charge is -2.16. The van der Waals surface area contributed by atoms with Crippen molar-refractivity contribution >= 4 is 29.9 Å². The van der Waals surface area contributed by atoms with Gasteiger partial charge in [-0.2, -0.15) is 0 Å². The van der Waals surface area contributed by atoms with E-state index in [1.54, 1.807) is 12.1 Å². The minimum Gasteiger partial charge on any atom is -0.352 e. The molecular weight excluding hydrogens is 302 g/mol. The standard InChI is InChI=1S/C16H25N3O2.ClH/c1-5-18-15(20)12-7-6-11(4)14(9-12)19-16(21)13(17)8-10(2)3;/h6-7,9-10,13H,5,8,17H2,1-4H3,(H,18,20)(H,19,21);1H/t13-;/m0./s1. The van der Waals surface area contributed by atoms with Crippen LogP contribution in [0.2, 0.25) is 0 Å². The number of hydrogen-bond acceptors (Lipinski definition) is 3. The Labute approximate surface area is 138 Å². The van der Waals surface area contributed by atoms with Gasteiger partial charge in [-0.25, -0.2) is 0 Å². The van der Waals surface area contributed by atoms with Crippen molar-refractivity contribution in [2.24, 2.45) is 11.7 Å². The Bertz CT molecular complexity index is 518. The van der Waals surface area contributed by atoms with Gasteiger partial charge in [0, 0.05) is 17.8 Å². The van der Waals surface area contributed by atoms with Crippen molar-refractivity contribution in [3.63, 3.8) is 0 Å². The van der Waals surface area contributed by atoms with Crippen molar-refractivity contribution in [1.29, 1.82) is 0 Å². The molecule has 5 nitrogen and oxygen atoms in total. The molecule has 1 aromatic rings. The number of anilines is 1. The molecule has 22 heavy (non-hydrogen) atoms. The Morgan fingerprint density at radius 2 is 1.91 bits per heavy atom. The van der Waals surface area contributed by atoms with Gasteiger partial charge in [-0.15, -0.1) is 12.4 Å². The van der Waals surface area contributed by atoms with E-state index in [-0.39, 0.29) is 24.2 Å². The van der Waals surface area contributed by atoms with Crippen molar-refractivity contribution < 1.29 is 9.59 Å². The average Bonchev–Trinajstić information content (AvgIpc) is 2.40. The molecule has 6 heteroatoms. The topological polar surface area (TPSA) is 84.2 Å². The number of aryl methyl sites for hydroxylation is 1. The number of halogens is 1. The van der Waals surface area contributed by atoms with E-state index in [9.17, 15) is 9.59 Å². The first kappa shape index (κ1) is 20.4. The van der Waals surface area contributed by atoms with Crippen molar-refractivity contribution in [2.75, 3.05) is 11.9 Å². The van der Waals surface area contributed by atoms with Crippen LogP contribution in [0.15, 0.2) is 18.2 Å². The second kappa shape index (κ2) is 9.43. The summed E-state index contributed by atoms with van der Waals surface area (Å²) in [5.41, 5.74) is 7.92. The second-order valence-corrected chi connectivity index (χ2v) is 5.61. The Balaban J connectivity index is 0.00000441. The largest absolute Gasteiger partial charge is 0.352 e. The summed E-state index contributed by atoms with van der Waals surface area (Å²) >= 11 is 0. The van der Waals surface area contributed by atoms with Crippen LogP contribution in [0.25, 0.3) is 0 Å². The summed E-state index contributed by atoms with van der Waals surface area (Å²) in [6, 6.07) is 4.69. The molecular formula is C16H26ClN3O2. The number of nitrogens with two attached hydrogens (primary N) is 1. The summed E-state index contributed by atoms with van der Waals surface area (Å²) in [6.45, 7) is 8.35. The number of benzene rings is 1. The van der Waals surface area contributed by atoms with E-state index in [1.807, 2.05) is 33.8 Å². The molecule has 0 aromatic heterocycles. The molecule has 124 valence electrons. The summed E-state index contributed by atoms with van der Waals surface area (Å²) < 4.78 is 0.